The zero-order chi connectivity index (χ0) is 25.0. The topological polar surface area (TPSA) is 115 Å². The van der Waals surface area contributed by atoms with Gasteiger partial charge in [-0.1, -0.05) is 0 Å². The maximum absolute atomic E-state index is 13.6. The lowest BCUT2D eigenvalue weighted by Gasteiger charge is -2.29. The van der Waals surface area contributed by atoms with Crippen molar-refractivity contribution in [3.63, 3.8) is 0 Å². The van der Waals surface area contributed by atoms with Crippen LogP contribution in [0.15, 0.2) is 36.0 Å². The van der Waals surface area contributed by atoms with Gasteiger partial charge in [-0.2, -0.15) is 13.2 Å². The summed E-state index contributed by atoms with van der Waals surface area (Å²) in [5, 5.41) is 5.76. The number of benzene rings is 1. The van der Waals surface area contributed by atoms with E-state index in [0.29, 0.717) is 29.5 Å². The molecule has 0 aliphatic carbocycles. The van der Waals surface area contributed by atoms with Crippen LogP contribution in [0.1, 0.15) is 20.9 Å². The number of pyridine rings is 1. The number of amides is 1. The number of primary amides is 1. The summed E-state index contributed by atoms with van der Waals surface area (Å²) in [5.41, 5.74) is 7.06. The molecule has 1 fully saturated rings. The summed E-state index contributed by atoms with van der Waals surface area (Å²) in [5.74, 6) is -0.0536. The quantitative estimate of drug-likeness (QED) is 0.420. The van der Waals surface area contributed by atoms with Gasteiger partial charge in [0.1, 0.15) is 17.3 Å². The van der Waals surface area contributed by atoms with E-state index >= 15 is 0 Å². The molecular weight excluding hydrogens is 485 g/mol. The van der Waals surface area contributed by atoms with E-state index in [-0.39, 0.29) is 23.7 Å². The SMILES string of the molecule is COc1cc(N2CCOCC2)ccc1Nc1cc(NCc2scnc2C(N)=O)c(C(F)(F)F)cn1. The Morgan fingerprint density at radius 2 is 2.00 bits per heavy atom. The van der Waals surface area contributed by atoms with Crippen LogP contribution < -0.4 is 26.0 Å². The van der Waals surface area contributed by atoms with Gasteiger partial charge in [-0.05, 0) is 12.1 Å². The second-order valence-corrected chi connectivity index (χ2v) is 8.50. The van der Waals surface area contributed by atoms with Crippen LogP contribution in [-0.2, 0) is 17.5 Å². The van der Waals surface area contributed by atoms with Gasteiger partial charge >= 0.3 is 6.18 Å². The fraction of sp³-hybridized carbons (Fsp3) is 0.318. The van der Waals surface area contributed by atoms with Crippen molar-refractivity contribution < 1.29 is 27.4 Å². The normalized spacial score (nSPS) is 14.0. The molecule has 1 aliphatic heterocycles. The van der Waals surface area contributed by atoms with Crippen LogP contribution in [0.2, 0.25) is 0 Å². The molecule has 3 heterocycles. The molecule has 186 valence electrons. The van der Waals surface area contributed by atoms with Crippen LogP contribution in [-0.4, -0.2) is 49.3 Å². The fourth-order valence-electron chi connectivity index (χ4n) is 3.61. The largest absolute Gasteiger partial charge is 0.494 e. The van der Waals surface area contributed by atoms with Crippen molar-refractivity contribution in [3.05, 3.63) is 52.1 Å². The highest BCUT2D eigenvalue weighted by Crippen LogP contribution is 2.37. The summed E-state index contributed by atoms with van der Waals surface area (Å²) in [6.07, 6.45) is -3.88. The van der Waals surface area contributed by atoms with Crippen molar-refractivity contribution in [1.82, 2.24) is 9.97 Å². The number of hydrogen-bond donors (Lipinski definition) is 3. The van der Waals surface area contributed by atoms with Gasteiger partial charge in [-0.3, -0.25) is 4.79 Å². The number of morpholine rings is 1. The van der Waals surface area contributed by atoms with Gasteiger partial charge < -0.3 is 30.7 Å². The highest BCUT2D eigenvalue weighted by atomic mass is 32.1. The third-order valence-electron chi connectivity index (χ3n) is 5.35. The zero-order valence-electron chi connectivity index (χ0n) is 18.7. The maximum atomic E-state index is 13.6. The Bertz CT molecular complexity index is 1200. The number of hydrogen-bond acceptors (Lipinski definition) is 9. The molecule has 1 saturated heterocycles. The minimum atomic E-state index is -4.63. The number of nitrogens with one attached hydrogen (secondary N) is 2. The third kappa shape index (κ3) is 5.74. The number of carbonyl (C=O) groups is 1. The number of alkyl halides is 3. The Morgan fingerprint density at radius 3 is 2.69 bits per heavy atom. The molecule has 0 saturated carbocycles. The van der Waals surface area contributed by atoms with E-state index in [2.05, 4.69) is 25.5 Å². The monoisotopic (exact) mass is 508 g/mol. The van der Waals surface area contributed by atoms with E-state index < -0.39 is 17.6 Å². The molecule has 35 heavy (non-hydrogen) atoms. The number of ether oxygens (including phenoxy) is 2. The molecule has 9 nitrogen and oxygen atoms in total. The minimum Gasteiger partial charge on any atom is -0.494 e. The smallest absolute Gasteiger partial charge is 0.419 e. The van der Waals surface area contributed by atoms with Crippen LogP contribution >= 0.6 is 11.3 Å². The summed E-state index contributed by atoms with van der Waals surface area (Å²) in [4.78, 5) is 21.9. The van der Waals surface area contributed by atoms with Crippen molar-refractivity contribution in [2.45, 2.75) is 12.7 Å². The van der Waals surface area contributed by atoms with Crippen molar-refractivity contribution in [3.8, 4) is 5.75 Å². The molecule has 2 aromatic heterocycles. The molecule has 1 aromatic carbocycles. The molecule has 4 rings (SSSR count). The number of aromatic nitrogens is 2. The first-order chi connectivity index (χ1) is 16.8. The summed E-state index contributed by atoms with van der Waals surface area (Å²) < 4.78 is 51.7. The van der Waals surface area contributed by atoms with Crippen molar-refractivity contribution in [1.29, 1.82) is 0 Å². The van der Waals surface area contributed by atoms with Crippen LogP contribution in [0, 0.1) is 0 Å². The van der Waals surface area contributed by atoms with E-state index in [1.54, 1.807) is 6.07 Å². The van der Waals surface area contributed by atoms with Crippen molar-refractivity contribution in [2.75, 3.05) is 48.9 Å². The van der Waals surface area contributed by atoms with E-state index in [4.69, 9.17) is 15.2 Å². The van der Waals surface area contributed by atoms with E-state index in [1.165, 1.54) is 18.7 Å². The molecule has 0 radical (unpaired) electrons. The van der Waals surface area contributed by atoms with Gasteiger partial charge in [0, 0.05) is 37.1 Å². The first kappa shape index (κ1) is 24.5. The number of halogens is 3. The molecule has 4 N–H and O–H groups in total. The highest BCUT2D eigenvalue weighted by molar-refractivity contribution is 7.09. The Kier molecular flexibility index (Phi) is 7.26. The van der Waals surface area contributed by atoms with E-state index in [9.17, 15) is 18.0 Å². The molecule has 3 aromatic rings. The summed E-state index contributed by atoms with van der Waals surface area (Å²) in [7, 11) is 1.52. The van der Waals surface area contributed by atoms with Gasteiger partial charge in [-0.25, -0.2) is 9.97 Å². The van der Waals surface area contributed by atoms with Gasteiger partial charge in [0.2, 0.25) is 0 Å². The van der Waals surface area contributed by atoms with Gasteiger partial charge in [0.05, 0.1) is 54.2 Å². The van der Waals surface area contributed by atoms with Gasteiger partial charge in [-0.15, -0.1) is 11.3 Å². The number of nitrogens with two attached hydrogens (primary N) is 1. The predicted molar refractivity (Wildman–Crippen MR) is 127 cm³/mol. The maximum Gasteiger partial charge on any atom is 0.419 e. The molecule has 1 aliphatic rings. The van der Waals surface area contributed by atoms with Crippen molar-refractivity contribution >= 4 is 40.1 Å². The Balaban J connectivity index is 1.58. The van der Waals surface area contributed by atoms with E-state index in [1.807, 2.05) is 12.1 Å². The Hall–Kier alpha value is -3.58. The van der Waals surface area contributed by atoms with Crippen LogP contribution in [0.25, 0.3) is 0 Å². The van der Waals surface area contributed by atoms with Crippen LogP contribution in [0.3, 0.4) is 0 Å². The lowest BCUT2D eigenvalue weighted by atomic mass is 10.2. The lowest BCUT2D eigenvalue weighted by molar-refractivity contribution is -0.137. The summed E-state index contributed by atoms with van der Waals surface area (Å²) in [6, 6.07) is 6.79. The van der Waals surface area contributed by atoms with Gasteiger partial charge in [0.15, 0.2) is 0 Å². The number of methoxy groups -OCH3 is 1. The molecule has 1 amide bonds. The molecule has 0 unspecified atom stereocenters. The number of nitrogens with zero attached hydrogens (tertiary/aromatic N) is 3. The first-order valence-electron chi connectivity index (χ1n) is 10.6. The van der Waals surface area contributed by atoms with Gasteiger partial charge in [0.25, 0.3) is 5.91 Å². The second-order valence-electron chi connectivity index (χ2n) is 7.56. The Labute approximate surface area is 203 Å². The predicted octanol–water partition coefficient (Wildman–Crippen LogP) is 3.86. The number of rotatable bonds is 8. The number of carbonyl (C=O) groups excluding carboxylic acids is 1. The third-order valence-corrected chi connectivity index (χ3v) is 6.18. The Morgan fingerprint density at radius 1 is 1.23 bits per heavy atom. The molecule has 0 atom stereocenters. The van der Waals surface area contributed by atoms with Crippen LogP contribution in [0.4, 0.5) is 36.1 Å². The average molecular weight is 509 g/mol. The minimum absolute atomic E-state index is 0.0218. The second kappa shape index (κ2) is 10.4. The molecule has 0 bridgehead atoms. The number of thiazole rings is 1. The average Bonchev–Trinajstić information content (AvgIpc) is 3.32. The molecule has 0 spiro atoms. The summed E-state index contributed by atoms with van der Waals surface area (Å²) in [6.45, 7) is 2.71. The first-order valence-corrected chi connectivity index (χ1v) is 11.4. The van der Waals surface area contributed by atoms with Crippen molar-refractivity contribution in [2.24, 2.45) is 5.73 Å². The summed E-state index contributed by atoms with van der Waals surface area (Å²) >= 11 is 1.12. The molecule has 13 heteroatoms. The van der Waals surface area contributed by atoms with Crippen LogP contribution in [0.5, 0.6) is 5.75 Å². The van der Waals surface area contributed by atoms with E-state index in [0.717, 1.165) is 36.3 Å². The molecular formula is C22H23F3N6O3S. The number of anilines is 4. The zero-order valence-corrected chi connectivity index (χ0v) is 19.5. The fourth-order valence-corrected chi connectivity index (χ4v) is 4.31. The lowest BCUT2D eigenvalue weighted by Crippen LogP contribution is -2.36. The highest BCUT2D eigenvalue weighted by Gasteiger charge is 2.34. The standard InChI is InChI=1S/C22H23F3N6O3S/c1-33-17-8-13(31-4-6-34-7-5-31)2-3-15(17)30-19-9-16(14(10-28-19)22(23,24)25)27-11-18-20(21(26)32)29-12-35-18/h2-3,8-10,12H,4-7,11H2,1H3,(H2,26,32)(H2,27,28,30).